The largest absolute Gasteiger partial charge is 0.476 e. The molecule has 0 radical (unpaired) electrons. The topological polar surface area (TPSA) is 96.3 Å². The van der Waals surface area contributed by atoms with Crippen molar-refractivity contribution in [1.29, 1.82) is 0 Å². The van der Waals surface area contributed by atoms with Crippen LogP contribution in [0.5, 0.6) is 0 Å². The van der Waals surface area contributed by atoms with Crippen molar-refractivity contribution in [2.24, 2.45) is 11.1 Å². The smallest absolute Gasteiger partial charge is 0.361 e. The Hall–Kier alpha value is -1.92. The number of hydrogen-bond acceptors (Lipinski definition) is 5. The van der Waals surface area contributed by atoms with E-state index in [1.54, 1.807) is 19.0 Å². The lowest BCUT2D eigenvalue weighted by atomic mass is 9.86. The summed E-state index contributed by atoms with van der Waals surface area (Å²) >= 11 is 0. The van der Waals surface area contributed by atoms with E-state index in [4.69, 9.17) is 9.94 Å². The number of Topliss-reactive ketones (excluding diaryl/α,β-unsaturated/α-hetero) is 1. The lowest BCUT2D eigenvalue weighted by molar-refractivity contribution is -0.135. The van der Waals surface area contributed by atoms with Crippen LogP contribution in [-0.2, 0) is 19.2 Å². The first-order valence-electron chi connectivity index (χ1n) is 6.52. The summed E-state index contributed by atoms with van der Waals surface area (Å²) in [6, 6.07) is 0. The summed E-state index contributed by atoms with van der Waals surface area (Å²) < 4.78 is 0. The van der Waals surface area contributed by atoms with Crippen LogP contribution >= 0.6 is 0 Å². The molecular formula is C13H20N2O5. The van der Waals surface area contributed by atoms with Crippen molar-refractivity contribution in [2.45, 2.75) is 38.7 Å². The fourth-order valence-corrected chi connectivity index (χ4v) is 2.16. The molecule has 0 bridgehead atoms. The second-order valence-electron chi connectivity index (χ2n) is 5.11. The van der Waals surface area contributed by atoms with Crippen molar-refractivity contribution in [1.82, 2.24) is 4.90 Å². The molecular weight excluding hydrogens is 264 g/mol. The van der Waals surface area contributed by atoms with Crippen LogP contribution < -0.4 is 0 Å². The van der Waals surface area contributed by atoms with E-state index in [2.05, 4.69) is 5.16 Å². The molecule has 112 valence electrons. The predicted molar refractivity (Wildman–Crippen MR) is 71.3 cm³/mol. The van der Waals surface area contributed by atoms with E-state index in [1.165, 1.54) is 0 Å². The van der Waals surface area contributed by atoms with Crippen LogP contribution in [0.2, 0.25) is 0 Å². The van der Waals surface area contributed by atoms with E-state index in [0.29, 0.717) is 25.7 Å². The SMILES string of the molecule is CC(=O)/C(=N/O[C@H]1CC[C@H](C(=O)N(C)C)CC1)C(=O)O. The maximum Gasteiger partial charge on any atom is 0.361 e. The molecule has 0 aromatic rings. The number of aliphatic carboxylic acids is 1. The molecule has 7 nitrogen and oxygen atoms in total. The first-order chi connectivity index (χ1) is 9.32. The van der Waals surface area contributed by atoms with Crippen LogP contribution in [0.4, 0.5) is 0 Å². The number of carbonyl (C=O) groups excluding carboxylic acids is 2. The Labute approximate surface area is 117 Å². The van der Waals surface area contributed by atoms with E-state index >= 15 is 0 Å². The summed E-state index contributed by atoms with van der Waals surface area (Å²) in [5, 5.41) is 12.2. The quantitative estimate of drug-likeness (QED) is 0.455. The maximum absolute atomic E-state index is 11.8. The van der Waals surface area contributed by atoms with Gasteiger partial charge in [0.15, 0.2) is 5.78 Å². The summed E-state index contributed by atoms with van der Waals surface area (Å²) in [5.74, 6) is -1.95. The van der Waals surface area contributed by atoms with Gasteiger partial charge in [-0.05, 0) is 25.7 Å². The Morgan fingerprint density at radius 1 is 1.15 bits per heavy atom. The fourth-order valence-electron chi connectivity index (χ4n) is 2.16. The molecule has 1 amide bonds. The Morgan fingerprint density at radius 2 is 1.70 bits per heavy atom. The van der Waals surface area contributed by atoms with Crippen molar-refractivity contribution >= 4 is 23.4 Å². The summed E-state index contributed by atoms with van der Waals surface area (Å²) in [4.78, 5) is 40.3. The molecule has 0 aromatic carbocycles. The van der Waals surface area contributed by atoms with Crippen molar-refractivity contribution in [3.8, 4) is 0 Å². The van der Waals surface area contributed by atoms with Crippen LogP contribution in [-0.4, -0.2) is 53.6 Å². The third kappa shape index (κ3) is 4.32. The molecule has 0 aromatic heterocycles. The van der Waals surface area contributed by atoms with Gasteiger partial charge in [-0.3, -0.25) is 9.59 Å². The van der Waals surface area contributed by atoms with Crippen LogP contribution in [0, 0.1) is 5.92 Å². The van der Waals surface area contributed by atoms with E-state index in [0.717, 1.165) is 6.92 Å². The van der Waals surface area contributed by atoms with Crippen molar-refractivity contribution in [2.75, 3.05) is 14.1 Å². The number of rotatable bonds is 5. The zero-order chi connectivity index (χ0) is 15.3. The third-order valence-electron chi connectivity index (χ3n) is 3.29. The summed E-state index contributed by atoms with van der Waals surface area (Å²) in [6.07, 6.45) is 2.37. The van der Waals surface area contributed by atoms with E-state index in [9.17, 15) is 14.4 Å². The minimum atomic E-state index is -1.39. The number of carboxylic acid groups (broad SMARTS) is 1. The number of hydrogen-bond donors (Lipinski definition) is 1. The summed E-state index contributed by atoms with van der Waals surface area (Å²) in [5.41, 5.74) is -0.600. The highest BCUT2D eigenvalue weighted by atomic mass is 16.6. The molecule has 0 atom stereocenters. The molecule has 7 heteroatoms. The lowest BCUT2D eigenvalue weighted by Crippen LogP contribution is -2.33. The second kappa shape index (κ2) is 7.02. The molecule has 20 heavy (non-hydrogen) atoms. The summed E-state index contributed by atoms with van der Waals surface area (Å²) in [6.45, 7) is 1.13. The van der Waals surface area contributed by atoms with Gasteiger partial charge in [0.05, 0.1) is 0 Å². The lowest BCUT2D eigenvalue weighted by Gasteiger charge is -2.28. The molecule has 0 saturated heterocycles. The van der Waals surface area contributed by atoms with Gasteiger partial charge in [0, 0.05) is 26.9 Å². The third-order valence-corrected chi connectivity index (χ3v) is 3.29. The van der Waals surface area contributed by atoms with Gasteiger partial charge in [-0.2, -0.15) is 0 Å². The number of carbonyl (C=O) groups is 3. The molecule has 1 aliphatic carbocycles. The van der Waals surface area contributed by atoms with Crippen LogP contribution in [0.25, 0.3) is 0 Å². The molecule has 1 saturated carbocycles. The van der Waals surface area contributed by atoms with Crippen molar-refractivity contribution < 1.29 is 24.3 Å². The van der Waals surface area contributed by atoms with Crippen LogP contribution in [0.3, 0.4) is 0 Å². The zero-order valence-electron chi connectivity index (χ0n) is 12.0. The second-order valence-corrected chi connectivity index (χ2v) is 5.11. The Morgan fingerprint density at radius 3 is 2.10 bits per heavy atom. The van der Waals surface area contributed by atoms with E-state index in [1.807, 2.05) is 0 Å². The maximum atomic E-state index is 11.8. The monoisotopic (exact) mass is 284 g/mol. The minimum absolute atomic E-state index is 0.0134. The normalized spacial score (nSPS) is 23.1. The van der Waals surface area contributed by atoms with Crippen molar-refractivity contribution in [3.05, 3.63) is 0 Å². The van der Waals surface area contributed by atoms with Gasteiger partial charge in [-0.1, -0.05) is 5.16 Å². The van der Waals surface area contributed by atoms with E-state index in [-0.39, 0.29) is 17.9 Å². The van der Waals surface area contributed by atoms with Crippen molar-refractivity contribution in [3.63, 3.8) is 0 Å². The number of carboxylic acids is 1. The highest BCUT2D eigenvalue weighted by Gasteiger charge is 2.28. The highest BCUT2D eigenvalue weighted by Crippen LogP contribution is 2.27. The zero-order valence-corrected chi connectivity index (χ0v) is 12.0. The molecule has 0 unspecified atom stereocenters. The molecule has 0 aliphatic heterocycles. The highest BCUT2D eigenvalue weighted by molar-refractivity contribution is 6.63. The molecule has 1 aliphatic rings. The predicted octanol–water partition coefficient (Wildman–Crippen LogP) is 0.680. The fraction of sp³-hybridized carbons (Fsp3) is 0.692. The Bertz CT molecular complexity index is 406. The first kappa shape index (κ1) is 16.1. The molecule has 0 heterocycles. The Kier molecular flexibility index (Phi) is 5.66. The van der Waals surface area contributed by atoms with Gasteiger partial charge >= 0.3 is 5.97 Å². The molecule has 1 fully saturated rings. The van der Waals surface area contributed by atoms with Gasteiger partial charge in [-0.25, -0.2) is 4.79 Å². The van der Waals surface area contributed by atoms with Crippen LogP contribution in [0.1, 0.15) is 32.6 Å². The molecule has 1 N–H and O–H groups in total. The number of nitrogens with zero attached hydrogens (tertiary/aromatic N) is 2. The first-order valence-corrected chi connectivity index (χ1v) is 6.52. The molecule has 0 spiro atoms. The van der Waals surface area contributed by atoms with Gasteiger partial charge in [0.1, 0.15) is 6.10 Å². The van der Waals surface area contributed by atoms with Gasteiger partial charge < -0.3 is 14.8 Å². The average Bonchev–Trinajstić information content (AvgIpc) is 2.38. The standard InChI is InChI=1S/C13H20N2O5/c1-8(16)11(13(18)19)14-20-10-6-4-9(5-7-10)12(17)15(2)3/h9-10H,4-7H2,1-3H3,(H,18,19)/b14-11-/t9-,10-. The molecule has 1 rings (SSSR count). The number of ketones is 1. The number of amides is 1. The Balaban J connectivity index is 2.51. The van der Waals surface area contributed by atoms with Crippen LogP contribution in [0.15, 0.2) is 5.16 Å². The van der Waals surface area contributed by atoms with Gasteiger partial charge in [0.2, 0.25) is 11.6 Å². The van der Waals surface area contributed by atoms with E-state index < -0.39 is 17.5 Å². The minimum Gasteiger partial charge on any atom is -0.476 e. The summed E-state index contributed by atoms with van der Waals surface area (Å²) in [7, 11) is 3.45. The average molecular weight is 284 g/mol. The number of oxime groups is 1. The van der Waals surface area contributed by atoms with Gasteiger partial charge in [0.25, 0.3) is 0 Å². The van der Waals surface area contributed by atoms with Gasteiger partial charge in [-0.15, -0.1) is 0 Å².